The first-order valence-corrected chi connectivity index (χ1v) is 8.34. The number of aliphatic hydroxyl groups excluding tert-OH is 1. The monoisotopic (exact) mass is 320 g/mol. The van der Waals surface area contributed by atoms with Crippen molar-refractivity contribution in [2.24, 2.45) is 5.92 Å². The van der Waals surface area contributed by atoms with Gasteiger partial charge in [-0.1, -0.05) is 37.3 Å². The lowest BCUT2D eigenvalue weighted by Crippen LogP contribution is -2.48. The average molecular weight is 320 g/mol. The number of carbonyl (C=O) groups excluding carboxylic acids is 1. The topological polar surface area (TPSA) is 70.6 Å². The van der Waals surface area contributed by atoms with Gasteiger partial charge in [0, 0.05) is 13.2 Å². The number of hydrogen-bond acceptors (Lipinski definition) is 4. The fourth-order valence-corrected chi connectivity index (χ4v) is 3.23. The third-order valence-electron chi connectivity index (χ3n) is 4.66. The number of aliphatic hydroxyl groups is 1. The summed E-state index contributed by atoms with van der Waals surface area (Å²) in [5, 5.41) is 16.7. The van der Waals surface area contributed by atoms with Crippen LogP contribution >= 0.6 is 0 Å². The number of ether oxygens (including phenoxy) is 1. The Morgan fingerprint density at radius 3 is 2.61 bits per heavy atom. The molecule has 1 fully saturated rings. The first kappa shape index (κ1) is 17.9. The van der Waals surface area contributed by atoms with E-state index in [0.29, 0.717) is 0 Å². The summed E-state index contributed by atoms with van der Waals surface area (Å²) in [5.41, 5.74) is 0.800. The zero-order valence-electron chi connectivity index (χ0n) is 14.2. The van der Waals surface area contributed by atoms with Gasteiger partial charge < -0.3 is 20.5 Å². The highest BCUT2D eigenvalue weighted by Gasteiger charge is 2.33. The van der Waals surface area contributed by atoms with E-state index in [4.69, 9.17) is 4.74 Å². The van der Waals surface area contributed by atoms with Crippen LogP contribution in [0.5, 0.6) is 0 Å². The van der Waals surface area contributed by atoms with E-state index in [0.717, 1.165) is 24.9 Å². The van der Waals surface area contributed by atoms with Gasteiger partial charge in [-0.25, -0.2) is 0 Å². The summed E-state index contributed by atoms with van der Waals surface area (Å²) in [6.45, 7) is 4.67. The Hall–Kier alpha value is -1.43. The molecule has 1 aliphatic heterocycles. The molecule has 5 heteroatoms. The molecule has 0 aliphatic carbocycles. The number of amides is 1. The van der Waals surface area contributed by atoms with Crippen LogP contribution < -0.4 is 10.6 Å². The third-order valence-corrected chi connectivity index (χ3v) is 4.66. The van der Waals surface area contributed by atoms with Crippen LogP contribution in [0.15, 0.2) is 30.3 Å². The molecule has 128 valence electrons. The van der Waals surface area contributed by atoms with Crippen LogP contribution in [-0.4, -0.2) is 42.9 Å². The maximum atomic E-state index is 12.5. The Balaban J connectivity index is 1.94. The van der Waals surface area contributed by atoms with Crippen molar-refractivity contribution in [1.29, 1.82) is 0 Å². The number of benzene rings is 1. The fourth-order valence-electron chi connectivity index (χ4n) is 3.23. The molecule has 1 heterocycles. The summed E-state index contributed by atoms with van der Waals surface area (Å²) in [5.74, 6) is -0.367. The molecule has 5 atom stereocenters. The molecule has 5 unspecified atom stereocenters. The number of carbonyl (C=O) groups is 1. The van der Waals surface area contributed by atoms with Crippen LogP contribution in [0, 0.1) is 5.92 Å². The highest BCUT2D eigenvalue weighted by atomic mass is 16.5. The summed E-state index contributed by atoms with van der Waals surface area (Å²) in [7, 11) is 1.65. The molecule has 1 aliphatic rings. The van der Waals surface area contributed by atoms with Crippen LogP contribution in [0.1, 0.15) is 38.4 Å². The summed E-state index contributed by atoms with van der Waals surface area (Å²) < 4.78 is 5.56. The minimum atomic E-state index is -0.724. The molecule has 0 aromatic heterocycles. The molecular weight excluding hydrogens is 292 g/mol. The SMILES string of the molecule is COC(C1CCCN1)C(C)C(=O)NC(C)C(O)c1ccccc1. The quantitative estimate of drug-likeness (QED) is 0.714. The molecule has 0 bridgehead atoms. The maximum Gasteiger partial charge on any atom is 0.225 e. The van der Waals surface area contributed by atoms with Crippen LogP contribution in [0.3, 0.4) is 0 Å². The second-order valence-electron chi connectivity index (χ2n) is 6.34. The molecule has 0 spiro atoms. The first-order chi connectivity index (χ1) is 11.0. The van der Waals surface area contributed by atoms with Crippen LogP contribution in [0.25, 0.3) is 0 Å². The minimum absolute atomic E-state index is 0.0898. The van der Waals surface area contributed by atoms with E-state index in [1.54, 1.807) is 7.11 Å². The molecule has 0 radical (unpaired) electrons. The van der Waals surface area contributed by atoms with Gasteiger partial charge in [-0.2, -0.15) is 0 Å². The summed E-state index contributed by atoms with van der Waals surface area (Å²) >= 11 is 0. The Labute approximate surface area is 138 Å². The van der Waals surface area contributed by atoms with Crippen molar-refractivity contribution in [3.63, 3.8) is 0 Å². The zero-order valence-corrected chi connectivity index (χ0v) is 14.2. The van der Waals surface area contributed by atoms with Gasteiger partial charge in [-0.3, -0.25) is 4.79 Å². The number of hydrogen-bond donors (Lipinski definition) is 3. The van der Waals surface area contributed by atoms with Crippen molar-refractivity contribution in [3.8, 4) is 0 Å². The van der Waals surface area contributed by atoms with Gasteiger partial charge in [0.25, 0.3) is 0 Å². The average Bonchev–Trinajstić information content (AvgIpc) is 3.09. The van der Waals surface area contributed by atoms with E-state index in [1.165, 1.54) is 0 Å². The second-order valence-corrected chi connectivity index (χ2v) is 6.34. The first-order valence-electron chi connectivity index (χ1n) is 8.34. The van der Waals surface area contributed by atoms with Crippen LogP contribution in [-0.2, 0) is 9.53 Å². The van der Waals surface area contributed by atoms with Gasteiger partial charge >= 0.3 is 0 Å². The van der Waals surface area contributed by atoms with Gasteiger partial charge in [-0.05, 0) is 31.9 Å². The Morgan fingerprint density at radius 2 is 2.04 bits per heavy atom. The molecule has 1 saturated heterocycles. The number of methoxy groups -OCH3 is 1. The molecule has 3 N–H and O–H groups in total. The Morgan fingerprint density at radius 1 is 1.35 bits per heavy atom. The zero-order chi connectivity index (χ0) is 16.8. The molecule has 5 nitrogen and oxygen atoms in total. The van der Waals surface area contributed by atoms with Crippen molar-refractivity contribution in [2.75, 3.05) is 13.7 Å². The van der Waals surface area contributed by atoms with E-state index in [2.05, 4.69) is 10.6 Å². The molecule has 1 amide bonds. The standard InChI is InChI=1S/C18H28N2O3/c1-12(17(23-3)15-10-7-11-19-15)18(22)20-13(2)16(21)14-8-5-4-6-9-14/h4-6,8-9,12-13,15-17,19,21H,7,10-11H2,1-3H3,(H,20,22). The van der Waals surface area contributed by atoms with Crippen molar-refractivity contribution < 1.29 is 14.6 Å². The molecular formula is C18H28N2O3. The number of rotatable bonds is 7. The fraction of sp³-hybridized carbons (Fsp3) is 0.611. The van der Waals surface area contributed by atoms with Gasteiger partial charge in [-0.15, -0.1) is 0 Å². The molecule has 0 saturated carbocycles. The Kier molecular flexibility index (Phi) is 6.57. The third kappa shape index (κ3) is 4.53. The molecule has 1 aromatic rings. The van der Waals surface area contributed by atoms with Gasteiger partial charge in [0.05, 0.1) is 24.2 Å². The summed E-state index contributed by atoms with van der Waals surface area (Å²) in [6, 6.07) is 9.23. The Bertz CT molecular complexity index is 488. The van der Waals surface area contributed by atoms with E-state index < -0.39 is 6.10 Å². The minimum Gasteiger partial charge on any atom is -0.386 e. The lowest BCUT2D eigenvalue weighted by atomic mass is 9.94. The smallest absolute Gasteiger partial charge is 0.225 e. The molecule has 23 heavy (non-hydrogen) atoms. The van der Waals surface area contributed by atoms with Gasteiger partial charge in [0.1, 0.15) is 0 Å². The van der Waals surface area contributed by atoms with Crippen LogP contribution in [0.2, 0.25) is 0 Å². The van der Waals surface area contributed by atoms with Crippen molar-refractivity contribution in [1.82, 2.24) is 10.6 Å². The second kappa shape index (κ2) is 8.43. The van der Waals surface area contributed by atoms with E-state index in [1.807, 2.05) is 44.2 Å². The predicted octanol–water partition coefficient (Wildman–Crippen LogP) is 1.63. The van der Waals surface area contributed by atoms with Crippen molar-refractivity contribution in [3.05, 3.63) is 35.9 Å². The van der Waals surface area contributed by atoms with Gasteiger partial charge in [0.2, 0.25) is 5.91 Å². The lowest BCUT2D eigenvalue weighted by molar-refractivity contribution is -0.131. The lowest BCUT2D eigenvalue weighted by Gasteiger charge is -2.29. The predicted molar refractivity (Wildman–Crippen MR) is 90.0 cm³/mol. The largest absolute Gasteiger partial charge is 0.386 e. The van der Waals surface area contributed by atoms with Crippen molar-refractivity contribution in [2.45, 2.75) is 51.0 Å². The highest BCUT2D eigenvalue weighted by Crippen LogP contribution is 2.20. The number of nitrogens with one attached hydrogen (secondary N) is 2. The van der Waals surface area contributed by atoms with E-state index >= 15 is 0 Å². The molecule has 1 aromatic carbocycles. The van der Waals surface area contributed by atoms with Crippen LogP contribution in [0.4, 0.5) is 0 Å². The van der Waals surface area contributed by atoms with E-state index in [-0.39, 0.29) is 30.0 Å². The van der Waals surface area contributed by atoms with E-state index in [9.17, 15) is 9.90 Å². The van der Waals surface area contributed by atoms with Crippen molar-refractivity contribution >= 4 is 5.91 Å². The highest BCUT2D eigenvalue weighted by molar-refractivity contribution is 5.79. The normalized spacial score (nSPS) is 23.0. The summed E-state index contributed by atoms with van der Waals surface area (Å²) in [4.78, 5) is 12.5. The van der Waals surface area contributed by atoms with Gasteiger partial charge in [0.15, 0.2) is 0 Å². The molecule has 2 rings (SSSR count). The maximum absolute atomic E-state index is 12.5. The summed E-state index contributed by atoms with van der Waals surface area (Å²) in [6.07, 6.45) is 1.26.